The van der Waals surface area contributed by atoms with Gasteiger partial charge in [0, 0.05) is 22.7 Å². The fourth-order valence-corrected chi connectivity index (χ4v) is 2.42. The molecular formula is C15H19BrN2O3. The van der Waals surface area contributed by atoms with E-state index in [-0.39, 0.29) is 18.9 Å². The molecule has 0 saturated heterocycles. The van der Waals surface area contributed by atoms with E-state index in [0.717, 1.165) is 28.6 Å². The normalized spacial score (nSPS) is 14.2. The zero-order valence-corrected chi connectivity index (χ0v) is 13.5. The van der Waals surface area contributed by atoms with Crippen LogP contribution in [0.4, 0.5) is 5.69 Å². The Morgan fingerprint density at radius 1 is 1.43 bits per heavy atom. The molecule has 2 N–H and O–H groups in total. The van der Waals surface area contributed by atoms with Crippen LogP contribution in [0.5, 0.6) is 0 Å². The van der Waals surface area contributed by atoms with E-state index in [9.17, 15) is 9.59 Å². The maximum Gasteiger partial charge on any atom is 0.304 e. The number of carbonyl (C=O) groups excluding carboxylic acids is 1. The highest BCUT2D eigenvalue weighted by atomic mass is 79.9. The Labute approximate surface area is 132 Å². The van der Waals surface area contributed by atoms with Crippen molar-refractivity contribution in [2.24, 2.45) is 0 Å². The van der Waals surface area contributed by atoms with E-state index in [2.05, 4.69) is 21.2 Å². The topological polar surface area (TPSA) is 69.6 Å². The van der Waals surface area contributed by atoms with E-state index in [1.165, 1.54) is 0 Å². The minimum atomic E-state index is -0.829. The third-order valence-corrected chi connectivity index (χ3v) is 4.35. The number of carboxylic acids is 1. The summed E-state index contributed by atoms with van der Waals surface area (Å²) in [5, 5.41) is 11.6. The highest BCUT2D eigenvalue weighted by Gasteiger charge is 2.30. The standard InChI is InChI=1S/C15H19BrN2O3/c1-10-8-11(2-5-13(10)16)17-14(19)9-18(12-3-4-12)7-6-15(20)21/h2,5,8,12H,3-4,6-7,9H2,1H3,(H,17,19)(H,20,21). The number of halogens is 1. The first-order valence-electron chi connectivity index (χ1n) is 6.97. The van der Waals surface area contributed by atoms with Gasteiger partial charge in [-0.2, -0.15) is 0 Å². The number of hydrogen-bond donors (Lipinski definition) is 2. The van der Waals surface area contributed by atoms with Crippen LogP contribution >= 0.6 is 15.9 Å². The van der Waals surface area contributed by atoms with Crippen LogP contribution in [-0.4, -0.2) is 41.0 Å². The molecule has 1 amide bonds. The van der Waals surface area contributed by atoms with E-state index >= 15 is 0 Å². The van der Waals surface area contributed by atoms with Crippen molar-refractivity contribution >= 4 is 33.5 Å². The monoisotopic (exact) mass is 354 g/mol. The molecule has 5 nitrogen and oxygen atoms in total. The second-order valence-electron chi connectivity index (χ2n) is 5.36. The number of rotatable bonds is 7. The van der Waals surface area contributed by atoms with Gasteiger partial charge in [0.15, 0.2) is 0 Å². The third kappa shape index (κ3) is 5.13. The number of nitrogens with zero attached hydrogens (tertiary/aromatic N) is 1. The van der Waals surface area contributed by atoms with E-state index in [1.54, 1.807) is 0 Å². The molecule has 21 heavy (non-hydrogen) atoms. The molecule has 0 heterocycles. The molecule has 0 atom stereocenters. The summed E-state index contributed by atoms with van der Waals surface area (Å²) in [5.74, 6) is -0.932. The van der Waals surface area contributed by atoms with Gasteiger partial charge >= 0.3 is 5.97 Å². The summed E-state index contributed by atoms with van der Waals surface area (Å²) in [6, 6.07) is 6.00. The van der Waals surface area contributed by atoms with Crippen molar-refractivity contribution in [2.75, 3.05) is 18.4 Å². The molecule has 114 valence electrons. The highest BCUT2D eigenvalue weighted by Crippen LogP contribution is 2.27. The summed E-state index contributed by atoms with van der Waals surface area (Å²) in [7, 11) is 0. The SMILES string of the molecule is Cc1cc(NC(=O)CN(CCC(=O)O)C2CC2)ccc1Br. The molecule has 1 aliphatic rings. The van der Waals surface area contributed by atoms with Gasteiger partial charge in [-0.3, -0.25) is 14.5 Å². The second-order valence-corrected chi connectivity index (χ2v) is 6.21. The minimum absolute atomic E-state index is 0.0706. The fraction of sp³-hybridized carbons (Fsp3) is 0.467. The molecule has 2 rings (SSSR count). The van der Waals surface area contributed by atoms with Crippen LogP contribution in [0.15, 0.2) is 22.7 Å². The molecule has 0 aromatic heterocycles. The third-order valence-electron chi connectivity index (χ3n) is 3.46. The predicted octanol–water partition coefficient (Wildman–Crippen LogP) is 2.64. The van der Waals surface area contributed by atoms with Gasteiger partial charge in [-0.1, -0.05) is 15.9 Å². The Hall–Kier alpha value is -1.40. The van der Waals surface area contributed by atoms with Crippen LogP contribution in [0.3, 0.4) is 0 Å². The zero-order valence-electron chi connectivity index (χ0n) is 11.9. The lowest BCUT2D eigenvalue weighted by atomic mass is 10.2. The van der Waals surface area contributed by atoms with Gasteiger partial charge in [-0.05, 0) is 43.5 Å². The molecular weight excluding hydrogens is 336 g/mol. The van der Waals surface area contributed by atoms with E-state index < -0.39 is 5.97 Å². The van der Waals surface area contributed by atoms with E-state index in [4.69, 9.17) is 5.11 Å². The molecule has 0 unspecified atom stereocenters. The Bertz CT molecular complexity index is 544. The van der Waals surface area contributed by atoms with Gasteiger partial charge in [0.25, 0.3) is 0 Å². The summed E-state index contributed by atoms with van der Waals surface area (Å²) in [6.45, 7) is 2.63. The lowest BCUT2D eigenvalue weighted by molar-refractivity contribution is -0.137. The Balaban J connectivity index is 1.89. The Kier molecular flexibility index (Phi) is 5.36. The van der Waals surface area contributed by atoms with Crippen LogP contribution in [0.2, 0.25) is 0 Å². The second kappa shape index (κ2) is 7.04. The maximum absolute atomic E-state index is 12.1. The first-order valence-corrected chi connectivity index (χ1v) is 7.77. The lowest BCUT2D eigenvalue weighted by Crippen LogP contribution is -2.36. The fourth-order valence-electron chi connectivity index (χ4n) is 2.18. The van der Waals surface area contributed by atoms with Crippen molar-refractivity contribution in [1.29, 1.82) is 0 Å². The molecule has 0 spiro atoms. The molecule has 1 fully saturated rings. The summed E-state index contributed by atoms with van der Waals surface area (Å²) in [6.07, 6.45) is 2.16. The average Bonchev–Trinajstić information content (AvgIpc) is 3.23. The van der Waals surface area contributed by atoms with Crippen molar-refractivity contribution in [1.82, 2.24) is 4.90 Å². The predicted molar refractivity (Wildman–Crippen MR) is 84.4 cm³/mol. The summed E-state index contributed by atoms with van der Waals surface area (Å²) in [4.78, 5) is 24.7. The lowest BCUT2D eigenvalue weighted by Gasteiger charge is -2.20. The van der Waals surface area contributed by atoms with Gasteiger partial charge < -0.3 is 10.4 Å². The Morgan fingerprint density at radius 3 is 2.71 bits per heavy atom. The quantitative estimate of drug-likeness (QED) is 0.789. The highest BCUT2D eigenvalue weighted by molar-refractivity contribution is 9.10. The van der Waals surface area contributed by atoms with Crippen LogP contribution < -0.4 is 5.32 Å². The molecule has 1 saturated carbocycles. The van der Waals surface area contributed by atoms with Crippen molar-refractivity contribution in [3.63, 3.8) is 0 Å². The smallest absolute Gasteiger partial charge is 0.304 e. The van der Waals surface area contributed by atoms with Crippen LogP contribution in [0.1, 0.15) is 24.8 Å². The van der Waals surface area contributed by atoms with Gasteiger partial charge in [0.1, 0.15) is 0 Å². The van der Waals surface area contributed by atoms with E-state index in [0.29, 0.717) is 12.6 Å². The van der Waals surface area contributed by atoms with Crippen molar-refractivity contribution in [2.45, 2.75) is 32.2 Å². The number of carboxylic acid groups (broad SMARTS) is 1. The molecule has 1 aliphatic carbocycles. The Morgan fingerprint density at radius 2 is 2.14 bits per heavy atom. The number of anilines is 1. The number of aryl methyl sites for hydroxylation is 1. The number of hydrogen-bond acceptors (Lipinski definition) is 3. The van der Waals surface area contributed by atoms with Crippen LogP contribution in [-0.2, 0) is 9.59 Å². The van der Waals surface area contributed by atoms with E-state index in [1.807, 2.05) is 30.0 Å². The van der Waals surface area contributed by atoms with Crippen molar-refractivity contribution < 1.29 is 14.7 Å². The number of amides is 1. The molecule has 1 aromatic carbocycles. The average molecular weight is 355 g/mol. The molecule has 0 aliphatic heterocycles. The first kappa shape index (κ1) is 16.0. The number of nitrogens with one attached hydrogen (secondary N) is 1. The summed E-state index contributed by atoms with van der Waals surface area (Å²) < 4.78 is 1.00. The van der Waals surface area contributed by atoms with Crippen molar-refractivity contribution in [3.05, 3.63) is 28.2 Å². The van der Waals surface area contributed by atoms with Crippen LogP contribution in [0, 0.1) is 6.92 Å². The van der Waals surface area contributed by atoms with Crippen LogP contribution in [0.25, 0.3) is 0 Å². The number of carbonyl (C=O) groups is 2. The molecule has 0 radical (unpaired) electrons. The van der Waals surface area contributed by atoms with Crippen molar-refractivity contribution in [3.8, 4) is 0 Å². The summed E-state index contributed by atoms with van der Waals surface area (Å²) >= 11 is 3.42. The van der Waals surface area contributed by atoms with Gasteiger partial charge in [-0.25, -0.2) is 0 Å². The molecule has 6 heteroatoms. The number of aliphatic carboxylic acids is 1. The zero-order chi connectivity index (χ0) is 15.4. The summed E-state index contributed by atoms with van der Waals surface area (Å²) in [5.41, 5.74) is 1.81. The largest absolute Gasteiger partial charge is 0.481 e. The van der Waals surface area contributed by atoms with Gasteiger partial charge in [0.05, 0.1) is 13.0 Å². The maximum atomic E-state index is 12.1. The molecule has 0 bridgehead atoms. The van der Waals surface area contributed by atoms with Gasteiger partial charge in [-0.15, -0.1) is 0 Å². The number of benzene rings is 1. The first-order chi connectivity index (χ1) is 9.95. The minimum Gasteiger partial charge on any atom is -0.481 e. The molecule has 1 aromatic rings. The van der Waals surface area contributed by atoms with Gasteiger partial charge in [0.2, 0.25) is 5.91 Å².